The predicted molar refractivity (Wildman–Crippen MR) is 63.9 cm³/mol. The maximum Gasteiger partial charge on any atom is 0.223 e. The molecule has 1 aromatic heterocycles. The van der Waals surface area contributed by atoms with Crippen molar-refractivity contribution in [3.63, 3.8) is 0 Å². The molecule has 6 nitrogen and oxygen atoms in total. The molecular formula is C12H18N4O2. The van der Waals surface area contributed by atoms with Gasteiger partial charge in [0.25, 0.3) is 0 Å². The van der Waals surface area contributed by atoms with E-state index in [4.69, 9.17) is 10.5 Å². The largest absolute Gasteiger partial charge is 0.376 e. The molecule has 98 valence electrons. The molecule has 1 amide bonds. The van der Waals surface area contributed by atoms with Gasteiger partial charge in [-0.05, 0) is 25.7 Å². The van der Waals surface area contributed by atoms with Crippen LogP contribution in [0.5, 0.6) is 0 Å². The normalized spacial score (nSPS) is 23.4. The van der Waals surface area contributed by atoms with Gasteiger partial charge in [-0.3, -0.25) is 4.79 Å². The van der Waals surface area contributed by atoms with Crippen LogP contribution in [0.4, 0.5) is 0 Å². The van der Waals surface area contributed by atoms with Crippen molar-refractivity contribution >= 4 is 5.91 Å². The first-order valence-electron chi connectivity index (χ1n) is 6.56. The van der Waals surface area contributed by atoms with Crippen molar-refractivity contribution in [2.45, 2.75) is 50.7 Å². The van der Waals surface area contributed by atoms with Crippen LogP contribution in [0.1, 0.15) is 43.0 Å². The summed E-state index contributed by atoms with van der Waals surface area (Å²) < 4.78 is 7.54. The third-order valence-corrected chi connectivity index (χ3v) is 3.55. The maximum atomic E-state index is 11.0. The molecule has 6 heteroatoms. The number of carbonyl (C=O) groups is 1. The number of aromatic nitrogens is 3. The van der Waals surface area contributed by atoms with Gasteiger partial charge in [-0.25, -0.2) is 4.68 Å². The van der Waals surface area contributed by atoms with Crippen LogP contribution in [-0.2, 0) is 22.5 Å². The smallest absolute Gasteiger partial charge is 0.223 e. The van der Waals surface area contributed by atoms with Crippen LogP contribution in [0.25, 0.3) is 0 Å². The van der Waals surface area contributed by atoms with Crippen molar-refractivity contribution in [1.29, 1.82) is 0 Å². The first kappa shape index (κ1) is 11.6. The average molecular weight is 250 g/mol. The molecule has 0 radical (unpaired) electrons. The van der Waals surface area contributed by atoms with Crippen molar-refractivity contribution in [1.82, 2.24) is 15.0 Å². The third kappa shape index (κ3) is 2.38. The van der Waals surface area contributed by atoms with Gasteiger partial charge in [0.15, 0.2) is 0 Å². The Morgan fingerprint density at radius 1 is 1.44 bits per heavy atom. The van der Waals surface area contributed by atoms with Crippen LogP contribution in [0, 0.1) is 0 Å². The summed E-state index contributed by atoms with van der Waals surface area (Å²) in [5, 5.41) is 8.29. The molecule has 1 unspecified atom stereocenters. The molecule has 1 aliphatic carbocycles. The van der Waals surface area contributed by atoms with Gasteiger partial charge >= 0.3 is 0 Å². The highest BCUT2D eigenvalue weighted by Crippen LogP contribution is 2.41. The topological polar surface area (TPSA) is 83.0 Å². The zero-order valence-corrected chi connectivity index (χ0v) is 10.3. The number of carbonyl (C=O) groups excluding carboxylic acids is 1. The zero-order chi connectivity index (χ0) is 12.5. The summed E-state index contributed by atoms with van der Waals surface area (Å²) >= 11 is 0. The van der Waals surface area contributed by atoms with E-state index in [9.17, 15) is 4.79 Å². The van der Waals surface area contributed by atoms with E-state index < -0.39 is 0 Å². The Hall–Kier alpha value is -1.43. The lowest BCUT2D eigenvalue weighted by molar-refractivity contribution is -0.117. The maximum absolute atomic E-state index is 11.0. The molecule has 2 N–H and O–H groups in total. The van der Waals surface area contributed by atoms with Gasteiger partial charge in [-0.1, -0.05) is 5.21 Å². The lowest BCUT2D eigenvalue weighted by Gasteiger charge is -2.11. The number of hydrogen-bond acceptors (Lipinski definition) is 4. The fourth-order valence-electron chi connectivity index (χ4n) is 2.57. The monoisotopic (exact) mass is 250 g/mol. The minimum absolute atomic E-state index is 0.192. The molecule has 0 aromatic carbocycles. The summed E-state index contributed by atoms with van der Waals surface area (Å²) in [5.74, 6) is 0.164. The van der Waals surface area contributed by atoms with E-state index in [-0.39, 0.29) is 18.4 Å². The number of rotatable bonds is 5. The van der Waals surface area contributed by atoms with Crippen LogP contribution >= 0.6 is 0 Å². The molecule has 1 aliphatic heterocycles. The van der Waals surface area contributed by atoms with Gasteiger partial charge in [0.05, 0.1) is 30.5 Å². The summed E-state index contributed by atoms with van der Waals surface area (Å²) in [6.07, 6.45) is 4.94. The molecule has 1 saturated carbocycles. The van der Waals surface area contributed by atoms with E-state index in [0.717, 1.165) is 50.2 Å². The van der Waals surface area contributed by atoms with E-state index >= 15 is 0 Å². The van der Waals surface area contributed by atoms with E-state index in [2.05, 4.69) is 10.3 Å². The quantitative estimate of drug-likeness (QED) is 0.818. The minimum atomic E-state index is -0.346. The molecule has 1 atom stereocenters. The standard InChI is InChI=1S/C12H18N4O2/c13-11(17)6-10-12(8-3-4-8)16(15-14-10)7-9-2-1-5-18-9/h8-9H,1-7H2,(H2,13,17). The second-order valence-corrected chi connectivity index (χ2v) is 5.16. The second-order valence-electron chi connectivity index (χ2n) is 5.16. The van der Waals surface area contributed by atoms with Gasteiger partial charge in [-0.2, -0.15) is 0 Å². The first-order valence-corrected chi connectivity index (χ1v) is 6.56. The van der Waals surface area contributed by atoms with Crippen molar-refractivity contribution in [3.05, 3.63) is 11.4 Å². The second kappa shape index (κ2) is 4.68. The first-order chi connectivity index (χ1) is 8.74. The van der Waals surface area contributed by atoms with Crippen LogP contribution in [0.3, 0.4) is 0 Å². The highest BCUT2D eigenvalue weighted by Gasteiger charge is 2.32. The Bertz CT molecular complexity index is 447. The molecule has 2 aliphatic rings. The molecule has 18 heavy (non-hydrogen) atoms. The molecule has 2 fully saturated rings. The van der Waals surface area contributed by atoms with Crippen LogP contribution < -0.4 is 5.73 Å². The fraction of sp³-hybridized carbons (Fsp3) is 0.750. The predicted octanol–water partition coefficient (Wildman–Crippen LogP) is 0.362. The number of amides is 1. The van der Waals surface area contributed by atoms with Crippen LogP contribution in [0.15, 0.2) is 0 Å². The van der Waals surface area contributed by atoms with Gasteiger partial charge in [0.2, 0.25) is 5.91 Å². The lowest BCUT2D eigenvalue weighted by atomic mass is 10.1. The minimum Gasteiger partial charge on any atom is -0.376 e. The molecule has 0 spiro atoms. The van der Waals surface area contributed by atoms with Crippen LogP contribution in [-0.4, -0.2) is 33.6 Å². The summed E-state index contributed by atoms with van der Waals surface area (Å²) in [4.78, 5) is 11.0. The molecule has 1 saturated heterocycles. The lowest BCUT2D eigenvalue weighted by Crippen LogP contribution is -2.19. The SMILES string of the molecule is NC(=O)Cc1nnn(CC2CCCO2)c1C1CC1. The van der Waals surface area contributed by atoms with Gasteiger partial charge in [0, 0.05) is 12.5 Å². The molecular weight excluding hydrogens is 232 g/mol. The van der Waals surface area contributed by atoms with E-state index in [1.54, 1.807) is 0 Å². The Labute approximate surface area is 105 Å². The zero-order valence-electron chi connectivity index (χ0n) is 10.3. The Balaban J connectivity index is 1.79. The van der Waals surface area contributed by atoms with E-state index in [1.807, 2.05) is 4.68 Å². The number of ether oxygens (including phenoxy) is 1. The van der Waals surface area contributed by atoms with Crippen LogP contribution in [0.2, 0.25) is 0 Å². The Morgan fingerprint density at radius 2 is 2.28 bits per heavy atom. The highest BCUT2D eigenvalue weighted by molar-refractivity contribution is 5.76. The Kier molecular flexibility index (Phi) is 3.03. The Morgan fingerprint density at radius 3 is 2.89 bits per heavy atom. The van der Waals surface area contributed by atoms with Gasteiger partial charge < -0.3 is 10.5 Å². The molecule has 0 bridgehead atoms. The summed E-state index contributed by atoms with van der Waals surface area (Å²) in [6, 6.07) is 0. The van der Waals surface area contributed by atoms with Crippen molar-refractivity contribution in [2.75, 3.05) is 6.61 Å². The number of nitrogens with two attached hydrogens (primary N) is 1. The summed E-state index contributed by atoms with van der Waals surface area (Å²) in [7, 11) is 0. The van der Waals surface area contributed by atoms with Gasteiger partial charge in [-0.15, -0.1) is 5.10 Å². The van der Waals surface area contributed by atoms with Gasteiger partial charge in [0.1, 0.15) is 0 Å². The van der Waals surface area contributed by atoms with Crippen molar-refractivity contribution < 1.29 is 9.53 Å². The molecule has 1 aromatic rings. The average Bonchev–Trinajstić information content (AvgIpc) is 2.88. The fourth-order valence-corrected chi connectivity index (χ4v) is 2.57. The molecule has 2 heterocycles. The van der Waals surface area contributed by atoms with Crippen molar-refractivity contribution in [2.24, 2.45) is 5.73 Å². The number of nitrogens with zero attached hydrogens (tertiary/aromatic N) is 3. The van der Waals surface area contributed by atoms with E-state index in [0.29, 0.717) is 5.92 Å². The number of primary amides is 1. The summed E-state index contributed by atoms with van der Waals surface area (Å²) in [5.41, 5.74) is 7.10. The highest BCUT2D eigenvalue weighted by atomic mass is 16.5. The van der Waals surface area contributed by atoms with E-state index in [1.165, 1.54) is 0 Å². The third-order valence-electron chi connectivity index (χ3n) is 3.55. The van der Waals surface area contributed by atoms with Crippen molar-refractivity contribution in [3.8, 4) is 0 Å². The molecule has 3 rings (SSSR count). The summed E-state index contributed by atoms with van der Waals surface area (Å²) in [6.45, 7) is 1.59. The number of hydrogen-bond donors (Lipinski definition) is 1.